The van der Waals surface area contributed by atoms with Gasteiger partial charge in [0.25, 0.3) is 0 Å². The molecule has 0 aliphatic heterocycles. The SMILES string of the molecule is CCNCc1ccc(-c2ccc(C)cc2)o1. The van der Waals surface area contributed by atoms with Crippen LogP contribution in [-0.2, 0) is 6.54 Å². The minimum atomic E-state index is 0.794. The Morgan fingerprint density at radius 2 is 1.81 bits per heavy atom. The Bertz CT molecular complexity index is 442. The van der Waals surface area contributed by atoms with Crippen LogP contribution in [0.3, 0.4) is 0 Å². The van der Waals surface area contributed by atoms with E-state index in [0.29, 0.717) is 0 Å². The topological polar surface area (TPSA) is 25.2 Å². The zero-order chi connectivity index (χ0) is 11.4. The molecule has 2 nitrogen and oxygen atoms in total. The largest absolute Gasteiger partial charge is 0.460 e. The molecule has 2 aromatic rings. The van der Waals surface area contributed by atoms with E-state index in [0.717, 1.165) is 30.2 Å². The lowest BCUT2D eigenvalue weighted by molar-refractivity contribution is 0.498. The Hall–Kier alpha value is -1.54. The van der Waals surface area contributed by atoms with Crippen LogP contribution in [0.1, 0.15) is 18.2 Å². The van der Waals surface area contributed by atoms with Gasteiger partial charge in [-0.1, -0.05) is 36.8 Å². The third-order valence-electron chi connectivity index (χ3n) is 2.55. The average Bonchev–Trinajstić information content (AvgIpc) is 2.76. The van der Waals surface area contributed by atoms with Crippen LogP contribution in [0.4, 0.5) is 0 Å². The number of rotatable bonds is 4. The molecule has 2 heteroatoms. The van der Waals surface area contributed by atoms with E-state index in [-0.39, 0.29) is 0 Å². The fraction of sp³-hybridized carbons (Fsp3) is 0.286. The van der Waals surface area contributed by atoms with Crippen molar-refractivity contribution >= 4 is 0 Å². The number of nitrogens with one attached hydrogen (secondary N) is 1. The van der Waals surface area contributed by atoms with Crippen molar-refractivity contribution < 1.29 is 4.42 Å². The molecule has 0 saturated heterocycles. The van der Waals surface area contributed by atoms with Crippen molar-refractivity contribution in [3.8, 4) is 11.3 Å². The second kappa shape index (κ2) is 4.99. The van der Waals surface area contributed by atoms with Gasteiger partial charge in [0.2, 0.25) is 0 Å². The van der Waals surface area contributed by atoms with Gasteiger partial charge in [0, 0.05) is 5.56 Å². The normalized spacial score (nSPS) is 10.6. The molecule has 0 aliphatic carbocycles. The third kappa shape index (κ3) is 2.52. The molecule has 16 heavy (non-hydrogen) atoms. The molecule has 84 valence electrons. The number of benzene rings is 1. The Morgan fingerprint density at radius 1 is 1.06 bits per heavy atom. The van der Waals surface area contributed by atoms with E-state index >= 15 is 0 Å². The highest BCUT2D eigenvalue weighted by molar-refractivity contribution is 5.57. The van der Waals surface area contributed by atoms with Gasteiger partial charge >= 0.3 is 0 Å². The number of hydrogen-bond donors (Lipinski definition) is 1. The fourth-order valence-corrected chi connectivity index (χ4v) is 1.59. The minimum Gasteiger partial charge on any atom is -0.460 e. The van der Waals surface area contributed by atoms with Crippen molar-refractivity contribution in [3.63, 3.8) is 0 Å². The first-order chi connectivity index (χ1) is 7.79. The lowest BCUT2D eigenvalue weighted by atomic mass is 10.1. The summed E-state index contributed by atoms with van der Waals surface area (Å²) >= 11 is 0. The van der Waals surface area contributed by atoms with Gasteiger partial charge in [-0.15, -0.1) is 0 Å². The first kappa shape index (κ1) is 11.0. The first-order valence-electron chi connectivity index (χ1n) is 5.66. The summed E-state index contributed by atoms with van der Waals surface area (Å²) in [5.74, 6) is 1.92. The second-order valence-corrected chi connectivity index (χ2v) is 3.91. The molecule has 1 aromatic carbocycles. The summed E-state index contributed by atoms with van der Waals surface area (Å²) in [6.07, 6.45) is 0. The molecule has 0 saturated carbocycles. The monoisotopic (exact) mass is 215 g/mol. The van der Waals surface area contributed by atoms with Crippen LogP contribution in [-0.4, -0.2) is 6.54 Å². The Kier molecular flexibility index (Phi) is 3.42. The molecular formula is C14H17NO. The van der Waals surface area contributed by atoms with Gasteiger partial charge in [-0.05, 0) is 25.6 Å². The molecule has 0 atom stereocenters. The smallest absolute Gasteiger partial charge is 0.134 e. The number of furan rings is 1. The van der Waals surface area contributed by atoms with Gasteiger partial charge in [0.1, 0.15) is 11.5 Å². The second-order valence-electron chi connectivity index (χ2n) is 3.91. The van der Waals surface area contributed by atoms with Crippen molar-refractivity contribution in [1.29, 1.82) is 0 Å². The van der Waals surface area contributed by atoms with Crippen LogP contribution in [0.15, 0.2) is 40.8 Å². The lowest BCUT2D eigenvalue weighted by Gasteiger charge is -1.99. The van der Waals surface area contributed by atoms with Gasteiger partial charge in [-0.2, -0.15) is 0 Å². The molecule has 2 rings (SSSR count). The maximum absolute atomic E-state index is 5.75. The Morgan fingerprint density at radius 3 is 2.50 bits per heavy atom. The summed E-state index contributed by atoms with van der Waals surface area (Å²) in [4.78, 5) is 0. The number of aryl methyl sites for hydroxylation is 1. The summed E-state index contributed by atoms with van der Waals surface area (Å²) in [5, 5.41) is 3.24. The van der Waals surface area contributed by atoms with Crippen LogP contribution in [0.25, 0.3) is 11.3 Å². The quantitative estimate of drug-likeness (QED) is 0.846. The summed E-state index contributed by atoms with van der Waals surface area (Å²) in [7, 11) is 0. The summed E-state index contributed by atoms with van der Waals surface area (Å²) < 4.78 is 5.75. The molecular weight excluding hydrogens is 198 g/mol. The van der Waals surface area contributed by atoms with E-state index in [1.54, 1.807) is 0 Å². The van der Waals surface area contributed by atoms with E-state index in [4.69, 9.17) is 4.42 Å². The van der Waals surface area contributed by atoms with Gasteiger partial charge in [0.15, 0.2) is 0 Å². The zero-order valence-corrected chi connectivity index (χ0v) is 9.79. The van der Waals surface area contributed by atoms with Gasteiger partial charge in [-0.3, -0.25) is 0 Å². The van der Waals surface area contributed by atoms with Crippen LogP contribution in [0.2, 0.25) is 0 Å². The van der Waals surface area contributed by atoms with E-state index in [1.807, 2.05) is 12.1 Å². The van der Waals surface area contributed by atoms with E-state index in [2.05, 4.69) is 43.4 Å². The molecule has 0 aliphatic rings. The summed E-state index contributed by atoms with van der Waals surface area (Å²) in [5.41, 5.74) is 2.40. The predicted octanol–water partition coefficient (Wildman–Crippen LogP) is 3.36. The third-order valence-corrected chi connectivity index (χ3v) is 2.55. The summed E-state index contributed by atoms with van der Waals surface area (Å²) in [6, 6.07) is 12.4. The minimum absolute atomic E-state index is 0.794. The predicted molar refractivity (Wildman–Crippen MR) is 66.3 cm³/mol. The highest BCUT2D eigenvalue weighted by Crippen LogP contribution is 2.22. The molecule has 1 N–H and O–H groups in total. The van der Waals surface area contributed by atoms with Crippen LogP contribution < -0.4 is 5.32 Å². The van der Waals surface area contributed by atoms with Gasteiger partial charge < -0.3 is 9.73 Å². The average molecular weight is 215 g/mol. The van der Waals surface area contributed by atoms with E-state index in [1.165, 1.54) is 5.56 Å². The molecule has 0 radical (unpaired) electrons. The standard InChI is InChI=1S/C14H17NO/c1-3-15-10-13-8-9-14(16-13)12-6-4-11(2)5-7-12/h4-9,15H,3,10H2,1-2H3. The molecule has 0 spiro atoms. The molecule has 0 unspecified atom stereocenters. The van der Waals surface area contributed by atoms with E-state index < -0.39 is 0 Å². The van der Waals surface area contributed by atoms with Crippen LogP contribution in [0, 0.1) is 6.92 Å². The first-order valence-corrected chi connectivity index (χ1v) is 5.66. The molecule has 0 fully saturated rings. The van der Waals surface area contributed by atoms with E-state index in [9.17, 15) is 0 Å². The molecule has 1 aromatic heterocycles. The molecule has 0 bridgehead atoms. The molecule has 1 heterocycles. The summed E-state index contributed by atoms with van der Waals surface area (Å²) in [6.45, 7) is 5.93. The highest BCUT2D eigenvalue weighted by Gasteiger charge is 2.03. The van der Waals surface area contributed by atoms with Crippen LogP contribution in [0.5, 0.6) is 0 Å². The van der Waals surface area contributed by atoms with Crippen molar-refractivity contribution in [3.05, 3.63) is 47.7 Å². The van der Waals surface area contributed by atoms with Gasteiger partial charge in [0.05, 0.1) is 6.54 Å². The number of hydrogen-bond acceptors (Lipinski definition) is 2. The fourth-order valence-electron chi connectivity index (χ4n) is 1.59. The van der Waals surface area contributed by atoms with Crippen molar-refractivity contribution in [1.82, 2.24) is 5.32 Å². The maximum atomic E-state index is 5.75. The van der Waals surface area contributed by atoms with Crippen LogP contribution >= 0.6 is 0 Å². The zero-order valence-electron chi connectivity index (χ0n) is 9.79. The van der Waals surface area contributed by atoms with Gasteiger partial charge in [-0.25, -0.2) is 0 Å². The highest BCUT2D eigenvalue weighted by atomic mass is 16.3. The Balaban J connectivity index is 2.15. The van der Waals surface area contributed by atoms with Crippen molar-refractivity contribution in [2.45, 2.75) is 20.4 Å². The Labute approximate surface area is 96.3 Å². The van der Waals surface area contributed by atoms with Crippen molar-refractivity contribution in [2.75, 3.05) is 6.54 Å². The molecule has 0 amide bonds. The lowest BCUT2D eigenvalue weighted by Crippen LogP contribution is -2.10. The maximum Gasteiger partial charge on any atom is 0.134 e. The van der Waals surface area contributed by atoms with Crippen molar-refractivity contribution in [2.24, 2.45) is 0 Å².